The van der Waals surface area contributed by atoms with E-state index in [0.29, 0.717) is 16.1 Å². The summed E-state index contributed by atoms with van der Waals surface area (Å²) in [5.41, 5.74) is 2.70. The van der Waals surface area contributed by atoms with Crippen molar-refractivity contribution in [2.24, 2.45) is 0 Å². The van der Waals surface area contributed by atoms with E-state index in [0.717, 1.165) is 11.8 Å². The van der Waals surface area contributed by atoms with E-state index in [4.69, 9.17) is 11.6 Å². The number of carbonyl (C=O) groups excluding carboxylic acids is 1. The van der Waals surface area contributed by atoms with Crippen LogP contribution in [-0.2, 0) is 26.4 Å². The van der Waals surface area contributed by atoms with Gasteiger partial charge in [0.25, 0.3) is 15.9 Å². The van der Waals surface area contributed by atoms with Crippen LogP contribution in [0.3, 0.4) is 0 Å². The van der Waals surface area contributed by atoms with Gasteiger partial charge in [-0.25, -0.2) is 16.8 Å². The lowest BCUT2D eigenvalue weighted by Crippen LogP contribution is -2.34. The van der Waals surface area contributed by atoms with Gasteiger partial charge in [0.05, 0.1) is 33.6 Å². The number of sulfone groups is 1. The Kier molecular flexibility index (Phi) is 8.68. The van der Waals surface area contributed by atoms with Crippen molar-refractivity contribution >= 4 is 43.1 Å². The number of sulfonamides is 1. The fraction of sp³-hybridized carbons (Fsp3) is 0.167. The van der Waals surface area contributed by atoms with Crippen LogP contribution in [0.1, 0.15) is 40.0 Å². The maximum atomic E-state index is 14.0. The fourth-order valence-electron chi connectivity index (χ4n) is 4.14. The normalized spacial score (nSPS) is 12.5. The number of halogens is 1. The third-order valence-electron chi connectivity index (χ3n) is 6.42. The second-order valence-corrected chi connectivity index (χ2v) is 13.8. The number of amides is 1. The lowest BCUT2D eigenvalue weighted by molar-refractivity contribution is 0.0940. The van der Waals surface area contributed by atoms with Gasteiger partial charge in [0, 0.05) is 11.3 Å². The molecule has 0 aliphatic heterocycles. The molecule has 0 aliphatic rings. The van der Waals surface area contributed by atoms with Gasteiger partial charge in [0.2, 0.25) is 0 Å². The van der Waals surface area contributed by atoms with Crippen LogP contribution in [0.4, 0.5) is 5.69 Å². The van der Waals surface area contributed by atoms with E-state index in [9.17, 15) is 21.6 Å². The molecule has 0 saturated heterocycles. The third kappa shape index (κ3) is 6.72. The van der Waals surface area contributed by atoms with E-state index < -0.39 is 31.8 Å². The number of carbonyl (C=O) groups is 1. The monoisotopic (exact) mass is 596 g/mol. The van der Waals surface area contributed by atoms with Gasteiger partial charge in [0.1, 0.15) is 0 Å². The molecule has 0 aromatic heterocycles. The summed E-state index contributed by atoms with van der Waals surface area (Å²) in [7, 11) is -7.42. The fourth-order valence-corrected chi connectivity index (χ4v) is 6.37. The highest BCUT2D eigenvalue weighted by atomic mass is 35.5. The summed E-state index contributed by atoms with van der Waals surface area (Å²) >= 11 is 6.05. The largest absolute Gasteiger partial charge is 0.345 e. The molecule has 40 heavy (non-hydrogen) atoms. The van der Waals surface area contributed by atoms with Crippen molar-refractivity contribution in [1.82, 2.24) is 5.32 Å². The van der Waals surface area contributed by atoms with Gasteiger partial charge in [-0.15, -0.1) is 0 Å². The maximum absolute atomic E-state index is 14.0. The van der Waals surface area contributed by atoms with Crippen LogP contribution >= 0.6 is 11.6 Å². The van der Waals surface area contributed by atoms with Crippen molar-refractivity contribution in [3.05, 3.63) is 124 Å². The molecule has 4 aromatic carbocycles. The van der Waals surface area contributed by atoms with Gasteiger partial charge >= 0.3 is 0 Å². The molecular weight excluding hydrogens is 568 g/mol. The molecular formula is C30H29ClN2O5S2. The first kappa shape index (κ1) is 29.3. The molecule has 0 fully saturated rings. The molecule has 1 amide bonds. The Morgan fingerprint density at radius 3 is 2.00 bits per heavy atom. The summed E-state index contributed by atoms with van der Waals surface area (Å²) in [5, 5.41) is 3.43. The van der Waals surface area contributed by atoms with E-state index >= 15 is 0 Å². The minimum absolute atomic E-state index is 0.0276. The van der Waals surface area contributed by atoms with Crippen molar-refractivity contribution in [3.8, 4) is 0 Å². The lowest BCUT2D eigenvalue weighted by atomic mass is 10.1. The van der Waals surface area contributed by atoms with E-state index in [1.807, 2.05) is 6.92 Å². The molecule has 10 heteroatoms. The van der Waals surface area contributed by atoms with Crippen molar-refractivity contribution in [2.45, 2.75) is 36.2 Å². The van der Waals surface area contributed by atoms with E-state index in [1.165, 1.54) is 16.4 Å². The number of rotatable bonds is 9. The number of nitrogens with zero attached hydrogens (tertiary/aromatic N) is 1. The Hall–Kier alpha value is -3.66. The average Bonchev–Trinajstić information content (AvgIpc) is 2.92. The Bertz CT molecular complexity index is 1720. The summed E-state index contributed by atoms with van der Waals surface area (Å²) in [4.78, 5) is 13.8. The van der Waals surface area contributed by atoms with Crippen LogP contribution in [0.5, 0.6) is 0 Å². The molecule has 208 valence electrons. The first-order chi connectivity index (χ1) is 18.9. The highest BCUT2D eigenvalue weighted by Crippen LogP contribution is 2.30. The number of hydrogen-bond acceptors (Lipinski definition) is 5. The minimum Gasteiger partial charge on any atom is -0.345 e. The van der Waals surface area contributed by atoms with Crippen molar-refractivity contribution in [3.63, 3.8) is 0 Å². The van der Waals surface area contributed by atoms with Crippen LogP contribution in [0.2, 0.25) is 5.02 Å². The van der Waals surface area contributed by atoms with E-state index in [-0.39, 0.29) is 27.6 Å². The zero-order valence-corrected chi connectivity index (χ0v) is 24.6. The smallest absolute Gasteiger partial charge is 0.264 e. The summed E-state index contributed by atoms with van der Waals surface area (Å²) in [6.07, 6.45) is 1.13. The number of hydrogen-bond donors (Lipinski definition) is 1. The number of para-hydroxylation sites is 1. The van der Waals surface area contributed by atoms with Crippen LogP contribution in [0, 0.1) is 6.92 Å². The molecule has 1 atom stereocenters. The van der Waals surface area contributed by atoms with Crippen LogP contribution < -0.4 is 9.62 Å². The van der Waals surface area contributed by atoms with Crippen LogP contribution in [-0.4, -0.2) is 29.0 Å². The minimum atomic E-state index is -4.07. The average molecular weight is 597 g/mol. The summed E-state index contributed by atoms with van der Waals surface area (Å²) in [6, 6.07) is 25.7. The van der Waals surface area contributed by atoms with Gasteiger partial charge in [0.15, 0.2) is 9.84 Å². The molecule has 1 unspecified atom stereocenters. The first-order valence-corrected chi connectivity index (χ1v) is 16.1. The predicted molar refractivity (Wildman–Crippen MR) is 158 cm³/mol. The number of aryl methyl sites for hydroxylation is 1. The summed E-state index contributed by atoms with van der Waals surface area (Å²) in [5.74, 6) is -0.476. The highest BCUT2D eigenvalue weighted by molar-refractivity contribution is 7.92. The van der Waals surface area contributed by atoms with Gasteiger partial charge in [-0.2, -0.15) is 0 Å². The van der Waals surface area contributed by atoms with Gasteiger partial charge in [-0.05, 0) is 73.5 Å². The molecule has 0 spiro atoms. The Balaban J connectivity index is 1.71. The van der Waals surface area contributed by atoms with Crippen LogP contribution in [0.15, 0.2) is 107 Å². The zero-order chi connectivity index (χ0) is 29.1. The second-order valence-electron chi connectivity index (χ2n) is 9.50. The van der Waals surface area contributed by atoms with Crippen molar-refractivity contribution < 1.29 is 21.6 Å². The standard InChI is InChI=1S/C30H29ClN2O5S2/c1-21-8-16-27(17-9-21)40(37,38)33(20-23-10-14-25(31)15-11-23)29-7-5-4-6-28(29)30(34)32-22(2)24-12-18-26(19-13-24)39(3,35)36/h4-19,22H,20H2,1-3H3,(H,32,34). The number of anilines is 1. The second kappa shape index (κ2) is 11.8. The molecule has 4 aromatic rings. The third-order valence-corrected chi connectivity index (χ3v) is 9.58. The quantitative estimate of drug-likeness (QED) is 0.258. The predicted octanol–water partition coefficient (Wildman–Crippen LogP) is 5.94. The molecule has 7 nitrogen and oxygen atoms in total. The Morgan fingerprint density at radius 1 is 0.825 bits per heavy atom. The maximum Gasteiger partial charge on any atom is 0.264 e. The van der Waals surface area contributed by atoms with E-state index in [2.05, 4.69) is 5.32 Å². The molecule has 0 bridgehead atoms. The van der Waals surface area contributed by atoms with Crippen LogP contribution in [0.25, 0.3) is 0 Å². The molecule has 0 heterocycles. The Morgan fingerprint density at radius 2 is 1.40 bits per heavy atom. The molecule has 0 saturated carbocycles. The molecule has 1 N–H and O–H groups in total. The Labute approximate surface area is 240 Å². The highest BCUT2D eigenvalue weighted by Gasteiger charge is 2.29. The SMILES string of the molecule is Cc1ccc(S(=O)(=O)N(Cc2ccc(Cl)cc2)c2ccccc2C(=O)NC(C)c2ccc(S(C)(=O)=O)cc2)cc1. The van der Waals surface area contributed by atoms with E-state index in [1.54, 1.807) is 91.9 Å². The summed E-state index contributed by atoms with van der Waals surface area (Å²) in [6.45, 7) is 3.61. The van der Waals surface area contributed by atoms with Crippen molar-refractivity contribution in [2.75, 3.05) is 10.6 Å². The van der Waals surface area contributed by atoms with Gasteiger partial charge in [-0.1, -0.05) is 65.7 Å². The number of benzene rings is 4. The van der Waals surface area contributed by atoms with Gasteiger partial charge < -0.3 is 5.32 Å². The first-order valence-electron chi connectivity index (χ1n) is 12.4. The van der Waals surface area contributed by atoms with Crippen molar-refractivity contribution in [1.29, 1.82) is 0 Å². The molecule has 0 aliphatic carbocycles. The van der Waals surface area contributed by atoms with Gasteiger partial charge in [-0.3, -0.25) is 9.10 Å². The topological polar surface area (TPSA) is 101 Å². The zero-order valence-electron chi connectivity index (χ0n) is 22.2. The molecule has 4 rings (SSSR count). The summed E-state index contributed by atoms with van der Waals surface area (Å²) < 4.78 is 52.7. The number of nitrogens with one attached hydrogen (secondary N) is 1. The lowest BCUT2D eigenvalue weighted by Gasteiger charge is -2.27. The molecule has 0 radical (unpaired) electrons.